The summed E-state index contributed by atoms with van der Waals surface area (Å²) in [6.45, 7) is 3.11. The van der Waals surface area contributed by atoms with E-state index in [1.54, 1.807) is 5.32 Å². The van der Waals surface area contributed by atoms with Crippen LogP contribution in [0.2, 0.25) is 0 Å². The van der Waals surface area contributed by atoms with Crippen LogP contribution in [0.15, 0.2) is 0 Å². The highest BCUT2D eigenvalue weighted by Crippen LogP contribution is 2.20. The third kappa shape index (κ3) is 8.87. The Labute approximate surface area is 92.1 Å². The van der Waals surface area contributed by atoms with Gasteiger partial charge in [-0.05, 0) is 6.42 Å². The van der Waals surface area contributed by atoms with E-state index in [2.05, 4.69) is 0 Å². The van der Waals surface area contributed by atoms with Gasteiger partial charge in [0.25, 0.3) is 0 Å². The zero-order chi connectivity index (χ0) is 12.4. The minimum absolute atomic E-state index is 0.0198. The summed E-state index contributed by atoms with van der Waals surface area (Å²) in [4.78, 5) is 0. The molecule has 0 spiro atoms. The normalized spacial score (nSPS) is 14.1. The molecule has 0 saturated carbocycles. The highest BCUT2D eigenvalue weighted by atomic mass is 19.4. The molecule has 0 amide bonds. The van der Waals surface area contributed by atoms with Crippen LogP contribution in [-0.2, 0) is 9.47 Å². The lowest BCUT2D eigenvalue weighted by atomic mass is 10.5. The largest absolute Gasteiger partial charge is 0.433 e. The molecule has 0 aromatic heterocycles. The fourth-order valence-corrected chi connectivity index (χ4v) is 0.840. The molecule has 3 nitrogen and oxygen atoms in total. The molecule has 0 saturated heterocycles. The van der Waals surface area contributed by atoms with Gasteiger partial charge < -0.3 is 9.47 Å². The van der Waals surface area contributed by atoms with E-state index in [1.165, 1.54) is 0 Å². The molecule has 0 aliphatic carbocycles. The zero-order valence-corrected chi connectivity index (χ0v) is 9.15. The highest BCUT2D eigenvalue weighted by molar-refractivity contribution is 4.62. The van der Waals surface area contributed by atoms with E-state index < -0.39 is 12.5 Å². The number of rotatable bonds is 9. The second kappa shape index (κ2) is 8.72. The van der Waals surface area contributed by atoms with Crippen molar-refractivity contribution in [1.82, 2.24) is 5.32 Å². The van der Waals surface area contributed by atoms with E-state index in [9.17, 15) is 17.6 Å². The molecule has 0 heterocycles. The first-order valence-corrected chi connectivity index (χ1v) is 5.08. The summed E-state index contributed by atoms with van der Waals surface area (Å²) in [6, 6.07) is 0. The van der Waals surface area contributed by atoms with Crippen LogP contribution in [0.1, 0.15) is 13.3 Å². The molecule has 0 aromatic carbocycles. The van der Waals surface area contributed by atoms with Crippen LogP contribution in [0.3, 0.4) is 0 Å². The smallest absolute Gasteiger partial charge is 0.379 e. The van der Waals surface area contributed by atoms with Gasteiger partial charge in [-0.1, -0.05) is 6.92 Å². The minimum atomic E-state index is -4.86. The monoisotopic (exact) mass is 247 g/mol. The van der Waals surface area contributed by atoms with E-state index in [0.717, 1.165) is 6.42 Å². The summed E-state index contributed by atoms with van der Waals surface area (Å²) < 4.78 is 57.3. The summed E-state index contributed by atoms with van der Waals surface area (Å²) in [5.41, 5.74) is 0. The number of ether oxygens (including phenoxy) is 2. The summed E-state index contributed by atoms with van der Waals surface area (Å²) in [6.07, 6.45) is -6.95. The molecule has 0 bridgehead atoms. The first kappa shape index (κ1) is 15.6. The second-order valence-corrected chi connectivity index (χ2v) is 3.08. The Balaban J connectivity index is 3.21. The van der Waals surface area contributed by atoms with Gasteiger partial charge in [-0.25, -0.2) is 4.39 Å². The Bertz CT molecular complexity index is 166. The van der Waals surface area contributed by atoms with Gasteiger partial charge in [0.2, 0.25) is 6.30 Å². The third-order valence-electron chi connectivity index (χ3n) is 1.58. The molecule has 1 N–H and O–H groups in total. The van der Waals surface area contributed by atoms with Crippen molar-refractivity contribution in [2.75, 3.05) is 33.0 Å². The number of nitrogens with one attached hydrogen (secondary N) is 1. The first-order chi connectivity index (χ1) is 7.48. The van der Waals surface area contributed by atoms with Crippen molar-refractivity contribution in [1.29, 1.82) is 0 Å². The fraction of sp³-hybridized carbons (Fsp3) is 1.00. The molecule has 0 aliphatic heterocycles. The van der Waals surface area contributed by atoms with Crippen molar-refractivity contribution in [3.8, 4) is 0 Å². The number of hydrogen-bond acceptors (Lipinski definition) is 3. The molecule has 0 rings (SSSR count). The molecule has 16 heavy (non-hydrogen) atoms. The Hall–Kier alpha value is -0.400. The van der Waals surface area contributed by atoms with Gasteiger partial charge in [-0.3, -0.25) is 5.32 Å². The van der Waals surface area contributed by atoms with Crippen LogP contribution < -0.4 is 5.32 Å². The predicted molar refractivity (Wildman–Crippen MR) is 50.9 cm³/mol. The molecule has 98 valence electrons. The summed E-state index contributed by atoms with van der Waals surface area (Å²) in [7, 11) is 0. The maximum atomic E-state index is 12.3. The minimum Gasteiger partial charge on any atom is -0.379 e. The predicted octanol–water partition coefficient (Wildman–Crippen LogP) is 1.88. The molecule has 1 unspecified atom stereocenters. The van der Waals surface area contributed by atoms with E-state index in [-0.39, 0.29) is 13.2 Å². The van der Waals surface area contributed by atoms with Crippen LogP contribution in [0.5, 0.6) is 0 Å². The zero-order valence-electron chi connectivity index (χ0n) is 9.15. The summed E-state index contributed by atoms with van der Waals surface area (Å²) in [5.74, 6) is 0. The number of halogens is 4. The average molecular weight is 247 g/mol. The first-order valence-electron chi connectivity index (χ1n) is 5.08. The SMILES string of the molecule is CCCOCCOCCNC(F)C(F)(F)F. The summed E-state index contributed by atoms with van der Waals surface area (Å²) in [5, 5.41) is 1.67. The van der Waals surface area contributed by atoms with Gasteiger partial charge in [0, 0.05) is 13.2 Å². The van der Waals surface area contributed by atoms with Gasteiger partial charge >= 0.3 is 6.18 Å². The van der Waals surface area contributed by atoms with Gasteiger partial charge in [-0.15, -0.1) is 0 Å². The van der Waals surface area contributed by atoms with Crippen molar-refractivity contribution in [3.05, 3.63) is 0 Å². The molecule has 0 aromatic rings. The van der Waals surface area contributed by atoms with Crippen LogP contribution in [-0.4, -0.2) is 45.4 Å². The molecular weight excluding hydrogens is 230 g/mol. The standard InChI is InChI=1S/C9H17F4NO2/c1-2-4-15-6-7-16-5-3-14-8(10)9(11,12)13/h8,14H,2-7H2,1H3. The number of hydrogen-bond donors (Lipinski definition) is 1. The second-order valence-electron chi connectivity index (χ2n) is 3.08. The van der Waals surface area contributed by atoms with Crippen LogP contribution in [0.4, 0.5) is 17.6 Å². The van der Waals surface area contributed by atoms with Crippen LogP contribution in [0.25, 0.3) is 0 Å². The van der Waals surface area contributed by atoms with E-state index >= 15 is 0 Å². The molecule has 1 atom stereocenters. The van der Waals surface area contributed by atoms with E-state index in [0.29, 0.717) is 19.8 Å². The van der Waals surface area contributed by atoms with E-state index in [1.807, 2.05) is 6.92 Å². The van der Waals surface area contributed by atoms with Crippen molar-refractivity contribution in [3.63, 3.8) is 0 Å². The highest BCUT2D eigenvalue weighted by Gasteiger charge is 2.39. The van der Waals surface area contributed by atoms with Gasteiger partial charge in [0.15, 0.2) is 0 Å². The Kier molecular flexibility index (Phi) is 8.50. The van der Waals surface area contributed by atoms with Crippen molar-refractivity contribution < 1.29 is 27.0 Å². The fourth-order valence-electron chi connectivity index (χ4n) is 0.840. The van der Waals surface area contributed by atoms with Crippen LogP contribution in [0, 0.1) is 0 Å². The van der Waals surface area contributed by atoms with Gasteiger partial charge in [0.05, 0.1) is 19.8 Å². The Morgan fingerprint density at radius 1 is 1.06 bits per heavy atom. The molecule has 0 aliphatic rings. The lowest BCUT2D eigenvalue weighted by Crippen LogP contribution is -2.40. The quantitative estimate of drug-likeness (QED) is 0.383. The van der Waals surface area contributed by atoms with Gasteiger partial charge in [0.1, 0.15) is 0 Å². The van der Waals surface area contributed by atoms with Crippen molar-refractivity contribution in [2.45, 2.75) is 25.8 Å². The topological polar surface area (TPSA) is 30.5 Å². The molecule has 7 heteroatoms. The van der Waals surface area contributed by atoms with Crippen LogP contribution >= 0.6 is 0 Å². The molecule has 0 radical (unpaired) electrons. The lowest BCUT2D eigenvalue weighted by molar-refractivity contribution is -0.189. The molecule has 0 fully saturated rings. The Morgan fingerprint density at radius 2 is 1.62 bits per heavy atom. The van der Waals surface area contributed by atoms with E-state index in [4.69, 9.17) is 9.47 Å². The van der Waals surface area contributed by atoms with Crippen molar-refractivity contribution in [2.24, 2.45) is 0 Å². The maximum Gasteiger partial charge on any atom is 0.433 e. The lowest BCUT2D eigenvalue weighted by Gasteiger charge is -2.13. The number of alkyl halides is 4. The maximum absolute atomic E-state index is 12.3. The van der Waals surface area contributed by atoms with Gasteiger partial charge in [-0.2, -0.15) is 13.2 Å². The Morgan fingerprint density at radius 3 is 2.12 bits per heavy atom. The molecular formula is C9H17F4NO2. The summed E-state index contributed by atoms with van der Waals surface area (Å²) >= 11 is 0. The van der Waals surface area contributed by atoms with Crippen molar-refractivity contribution >= 4 is 0 Å². The third-order valence-corrected chi connectivity index (χ3v) is 1.58. The average Bonchev–Trinajstić information content (AvgIpc) is 2.20.